The van der Waals surface area contributed by atoms with Gasteiger partial charge in [-0.2, -0.15) is 0 Å². The van der Waals surface area contributed by atoms with Crippen LogP contribution in [0.5, 0.6) is 11.5 Å². The maximum atomic E-state index is 12.3. The normalized spacial score (nSPS) is 12.7. The molecule has 2 aromatic carbocycles. The zero-order chi connectivity index (χ0) is 19.4. The molecule has 2 aromatic rings. The Balaban J connectivity index is 1.55. The van der Waals surface area contributed by atoms with E-state index in [1.807, 2.05) is 0 Å². The molecule has 0 saturated heterocycles. The molecule has 1 aliphatic rings. The van der Waals surface area contributed by atoms with Crippen molar-refractivity contribution < 1.29 is 23.9 Å². The number of hydrogen-bond donors (Lipinski definition) is 1. The summed E-state index contributed by atoms with van der Waals surface area (Å²) in [5.41, 5.74) is 1.38. The van der Waals surface area contributed by atoms with Crippen LogP contribution in [0.4, 0.5) is 5.69 Å². The number of methoxy groups -OCH3 is 2. The lowest BCUT2D eigenvalue weighted by atomic mass is 10.1. The van der Waals surface area contributed by atoms with Gasteiger partial charge in [0.15, 0.2) is 0 Å². The molecular weight excluding hydrogens is 348 g/mol. The number of ether oxygens (including phenoxy) is 2. The van der Waals surface area contributed by atoms with Crippen molar-refractivity contribution in [2.75, 3.05) is 26.1 Å². The van der Waals surface area contributed by atoms with Gasteiger partial charge in [0, 0.05) is 36.9 Å². The molecular formula is C20H20N2O5. The van der Waals surface area contributed by atoms with Crippen molar-refractivity contribution in [1.29, 1.82) is 0 Å². The molecule has 0 atom stereocenters. The molecule has 0 fully saturated rings. The minimum absolute atomic E-state index is 0.174. The summed E-state index contributed by atoms with van der Waals surface area (Å²) < 4.78 is 10.3. The average Bonchev–Trinajstić information content (AvgIpc) is 2.92. The Hall–Kier alpha value is -3.35. The van der Waals surface area contributed by atoms with Crippen LogP contribution < -0.4 is 14.8 Å². The Morgan fingerprint density at radius 3 is 2.04 bits per heavy atom. The smallest absolute Gasteiger partial charge is 0.261 e. The molecule has 0 spiro atoms. The summed E-state index contributed by atoms with van der Waals surface area (Å²) in [5, 5.41) is 2.77. The molecule has 7 heteroatoms. The number of rotatable bonds is 7. The highest BCUT2D eigenvalue weighted by atomic mass is 16.5. The molecule has 0 aliphatic carbocycles. The first-order valence-electron chi connectivity index (χ1n) is 8.51. The lowest BCUT2D eigenvalue weighted by molar-refractivity contribution is -0.116. The van der Waals surface area contributed by atoms with Crippen LogP contribution in [0.15, 0.2) is 42.5 Å². The van der Waals surface area contributed by atoms with Crippen LogP contribution >= 0.6 is 0 Å². The SMILES string of the molecule is COc1cc(NC(=O)CCCN2C(=O)c3ccccc3C2=O)cc(OC)c1. The van der Waals surface area contributed by atoms with Crippen LogP contribution in [-0.2, 0) is 4.79 Å². The second-order valence-corrected chi connectivity index (χ2v) is 6.06. The molecule has 1 N–H and O–H groups in total. The molecule has 140 valence electrons. The number of carbonyl (C=O) groups excluding carboxylic acids is 3. The van der Waals surface area contributed by atoms with Crippen molar-refractivity contribution in [2.24, 2.45) is 0 Å². The highest BCUT2D eigenvalue weighted by molar-refractivity contribution is 6.21. The van der Waals surface area contributed by atoms with Gasteiger partial charge in [-0.1, -0.05) is 12.1 Å². The topological polar surface area (TPSA) is 84.9 Å². The first-order chi connectivity index (χ1) is 13.0. The number of carbonyl (C=O) groups is 3. The van der Waals surface area contributed by atoms with E-state index >= 15 is 0 Å². The molecule has 0 saturated carbocycles. The first kappa shape index (κ1) is 18.4. The first-order valence-corrected chi connectivity index (χ1v) is 8.51. The highest BCUT2D eigenvalue weighted by Crippen LogP contribution is 2.26. The fourth-order valence-corrected chi connectivity index (χ4v) is 2.94. The third-order valence-corrected chi connectivity index (χ3v) is 4.30. The second-order valence-electron chi connectivity index (χ2n) is 6.06. The van der Waals surface area contributed by atoms with Crippen molar-refractivity contribution in [1.82, 2.24) is 4.90 Å². The fraction of sp³-hybridized carbons (Fsp3) is 0.250. The second kappa shape index (κ2) is 7.90. The van der Waals surface area contributed by atoms with E-state index < -0.39 is 0 Å². The number of nitrogens with zero attached hydrogens (tertiary/aromatic N) is 1. The molecule has 1 heterocycles. The number of benzene rings is 2. The van der Waals surface area contributed by atoms with Gasteiger partial charge in [0.2, 0.25) is 5.91 Å². The molecule has 3 amide bonds. The molecule has 7 nitrogen and oxygen atoms in total. The fourth-order valence-electron chi connectivity index (χ4n) is 2.94. The van der Waals surface area contributed by atoms with E-state index in [0.717, 1.165) is 0 Å². The van der Waals surface area contributed by atoms with Gasteiger partial charge >= 0.3 is 0 Å². The maximum Gasteiger partial charge on any atom is 0.261 e. The monoisotopic (exact) mass is 368 g/mol. The van der Waals surface area contributed by atoms with E-state index in [4.69, 9.17) is 9.47 Å². The Kier molecular flexibility index (Phi) is 5.40. The van der Waals surface area contributed by atoms with Crippen molar-refractivity contribution in [3.63, 3.8) is 0 Å². The Labute approximate surface area is 156 Å². The van der Waals surface area contributed by atoms with Crippen molar-refractivity contribution in [2.45, 2.75) is 12.8 Å². The van der Waals surface area contributed by atoms with Crippen LogP contribution in [-0.4, -0.2) is 43.4 Å². The van der Waals surface area contributed by atoms with E-state index in [1.54, 1.807) is 42.5 Å². The van der Waals surface area contributed by atoms with Crippen LogP contribution in [0.1, 0.15) is 33.6 Å². The third kappa shape index (κ3) is 3.92. The van der Waals surface area contributed by atoms with Gasteiger partial charge in [-0.3, -0.25) is 19.3 Å². The Bertz CT molecular complexity index is 836. The van der Waals surface area contributed by atoms with E-state index in [2.05, 4.69) is 5.32 Å². The largest absolute Gasteiger partial charge is 0.497 e. The number of hydrogen-bond acceptors (Lipinski definition) is 5. The van der Waals surface area contributed by atoms with Crippen LogP contribution in [0, 0.1) is 0 Å². The molecule has 0 unspecified atom stereocenters. The maximum absolute atomic E-state index is 12.3. The average molecular weight is 368 g/mol. The number of nitrogens with one attached hydrogen (secondary N) is 1. The lowest BCUT2D eigenvalue weighted by Gasteiger charge is -2.14. The summed E-state index contributed by atoms with van der Waals surface area (Å²) in [4.78, 5) is 38.0. The number of fused-ring (bicyclic) bond motifs is 1. The zero-order valence-electron chi connectivity index (χ0n) is 15.2. The molecule has 1 aliphatic heterocycles. The summed E-state index contributed by atoms with van der Waals surface area (Å²) in [5.74, 6) is 0.287. The molecule has 27 heavy (non-hydrogen) atoms. The van der Waals surface area contributed by atoms with E-state index in [1.165, 1.54) is 19.1 Å². The highest BCUT2D eigenvalue weighted by Gasteiger charge is 2.34. The van der Waals surface area contributed by atoms with E-state index in [-0.39, 0.29) is 30.7 Å². The summed E-state index contributed by atoms with van der Waals surface area (Å²) >= 11 is 0. The van der Waals surface area contributed by atoms with Crippen molar-refractivity contribution >= 4 is 23.4 Å². The molecule has 0 bridgehead atoms. The minimum Gasteiger partial charge on any atom is -0.497 e. The van der Waals surface area contributed by atoms with Crippen LogP contribution in [0.2, 0.25) is 0 Å². The van der Waals surface area contributed by atoms with Crippen molar-refractivity contribution in [3.8, 4) is 11.5 Å². The van der Waals surface area contributed by atoms with Gasteiger partial charge in [-0.15, -0.1) is 0 Å². The minimum atomic E-state index is -0.312. The third-order valence-electron chi connectivity index (χ3n) is 4.30. The number of imide groups is 1. The van der Waals surface area contributed by atoms with E-state index in [0.29, 0.717) is 34.7 Å². The summed E-state index contributed by atoms with van der Waals surface area (Å²) in [6.45, 7) is 0.196. The number of anilines is 1. The van der Waals surface area contributed by atoms with Gasteiger partial charge in [-0.25, -0.2) is 0 Å². The number of amides is 3. The zero-order valence-corrected chi connectivity index (χ0v) is 15.2. The molecule has 3 rings (SSSR count). The quantitative estimate of drug-likeness (QED) is 0.760. The Morgan fingerprint density at radius 1 is 0.963 bits per heavy atom. The van der Waals surface area contributed by atoms with Crippen LogP contribution in [0.3, 0.4) is 0 Å². The lowest BCUT2D eigenvalue weighted by Crippen LogP contribution is -2.31. The van der Waals surface area contributed by atoms with Crippen LogP contribution in [0.25, 0.3) is 0 Å². The van der Waals surface area contributed by atoms with Crippen molar-refractivity contribution in [3.05, 3.63) is 53.6 Å². The Morgan fingerprint density at radius 2 is 1.52 bits per heavy atom. The summed E-state index contributed by atoms with van der Waals surface area (Å²) in [7, 11) is 3.06. The summed E-state index contributed by atoms with van der Waals surface area (Å²) in [6, 6.07) is 11.8. The summed E-state index contributed by atoms with van der Waals surface area (Å²) in [6.07, 6.45) is 0.547. The predicted octanol–water partition coefficient (Wildman–Crippen LogP) is 2.72. The molecule has 0 radical (unpaired) electrons. The predicted molar refractivity (Wildman–Crippen MR) is 99.2 cm³/mol. The molecule has 0 aromatic heterocycles. The van der Waals surface area contributed by atoms with Gasteiger partial charge in [0.1, 0.15) is 11.5 Å². The van der Waals surface area contributed by atoms with Gasteiger partial charge in [-0.05, 0) is 18.6 Å². The van der Waals surface area contributed by atoms with E-state index in [9.17, 15) is 14.4 Å². The standard InChI is InChI=1S/C20H20N2O5/c1-26-14-10-13(11-15(12-14)27-2)21-18(23)8-5-9-22-19(24)16-6-3-4-7-17(16)20(22)25/h3-4,6-7,10-12H,5,8-9H2,1-2H3,(H,21,23). The van der Waals surface area contributed by atoms with Gasteiger partial charge in [0.25, 0.3) is 11.8 Å². The van der Waals surface area contributed by atoms with Gasteiger partial charge < -0.3 is 14.8 Å². The van der Waals surface area contributed by atoms with Gasteiger partial charge in [0.05, 0.1) is 25.3 Å².